The molecule has 6 heteroatoms. The zero-order valence-electron chi connectivity index (χ0n) is 19.0. The maximum absolute atomic E-state index is 11.1. The van der Waals surface area contributed by atoms with E-state index in [1.54, 1.807) is 0 Å². The number of anilines is 1. The number of aliphatic carboxylic acids is 1. The Balaban J connectivity index is 1.19. The fourth-order valence-corrected chi connectivity index (χ4v) is 5.03. The maximum Gasteiger partial charge on any atom is 0.303 e. The van der Waals surface area contributed by atoms with Gasteiger partial charge in [-0.15, -0.1) is 0 Å². The van der Waals surface area contributed by atoms with Crippen LogP contribution in [-0.2, 0) is 17.6 Å². The number of hydrogen-bond acceptors (Lipinski definition) is 5. The van der Waals surface area contributed by atoms with E-state index in [2.05, 4.69) is 35.2 Å². The van der Waals surface area contributed by atoms with Crippen LogP contribution in [0.5, 0.6) is 5.75 Å². The number of fused-ring (bicyclic) bond motifs is 1. The molecule has 5 rings (SSSR count). The average molecular weight is 447 g/mol. The molecular formula is C27H30N2O4. The van der Waals surface area contributed by atoms with Gasteiger partial charge in [-0.3, -0.25) is 4.79 Å². The Kier molecular flexibility index (Phi) is 6.07. The molecule has 0 saturated carbocycles. The standard InChI is InChI=1S/C27H30N2O4/c1-18-25(28-27(33-18)19-6-8-22(9-7-19)29-13-2-3-14-29)12-15-32-23-10-11-24-20(16-23)4-5-21(24)17-26(30)31/h6-11,16,21H,2-5,12-15,17H2,1H3,(H,30,31)/t21-/m0/s1. The highest BCUT2D eigenvalue weighted by molar-refractivity contribution is 5.68. The molecule has 3 aromatic rings. The Morgan fingerprint density at radius 2 is 1.97 bits per heavy atom. The van der Waals surface area contributed by atoms with Gasteiger partial charge < -0.3 is 19.2 Å². The average Bonchev–Trinajstić information content (AvgIpc) is 3.55. The van der Waals surface area contributed by atoms with Crippen LogP contribution in [0, 0.1) is 6.92 Å². The van der Waals surface area contributed by atoms with Crippen molar-refractivity contribution >= 4 is 11.7 Å². The number of nitrogens with zero attached hydrogens (tertiary/aromatic N) is 2. The van der Waals surface area contributed by atoms with Gasteiger partial charge in [-0.1, -0.05) is 6.07 Å². The predicted molar refractivity (Wildman–Crippen MR) is 127 cm³/mol. The third-order valence-electron chi connectivity index (χ3n) is 6.82. The SMILES string of the molecule is Cc1oc(-c2ccc(N3CCCC3)cc2)nc1CCOc1ccc2c(c1)CC[C@H]2CC(=O)O. The molecule has 0 radical (unpaired) electrons. The molecule has 1 saturated heterocycles. The van der Waals surface area contributed by atoms with E-state index in [0.29, 0.717) is 18.9 Å². The van der Waals surface area contributed by atoms with Gasteiger partial charge in [0.05, 0.1) is 18.7 Å². The zero-order valence-corrected chi connectivity index (χ0v) is 19.0. The lowest BCUT2D eigenvalue weighted by molar-refractivity contribution is -0.137. The van der Waals surface area contributed by atoms with E-state index in [0.717, 1.165) is 54.3 Å². The number of aryl methyl sites for hydroxylation is 2. The minimum Gasteiger partial charge on any atom is -0.493 e. The van der Waals surface area contributed by atoms with E-state index in [1.165, 1.54) is 24.1 Å². The summed E-state index contributed by atoms with van der Waals surface area (Å²) in [6, 6.07) is 14.5. The molecule has 33 heavy (non-hydrogen) atoms. The number of benzene rings is 2. The summed E-state index contributed by atoms with van der Waals surface area (Å²) in [5.74, 6) is 1.67. The Bertz CT molecular complexity index is 1130. The molecule has 6 nitrogen and oxygen atoms in total. The minimum atomic E-state index is -0.738. The number of carbonyl (C=O) groups is 1. The van der Waals surface area contributed by atoms with Crippen molar-refractivity contribution in [2.45, 2.75) is 51.4 Å². The normalized spacial score (nSPS) is 17.4. The Morgan fingerprint density at radius 1 is 1.18 bits per heavy atom. The summed E-state index contributed by atoms with van der Waals surface area (Å²) in [4.78, 5) is 18.2. The van der Waals surface area contributed by atoms with Crippen LogP contribution in [0.4, 0.5) is 5.69 Å². The first-order valence-electron chi connectivity index (χ1n) is 11.9. The predicted octanol–water partition coefficient (Wildman–Crippen LogP) is 5.38. The molecule has 1 fully saturated rings. The van der Waals surface area contributed by atoms with E-state index >= 15 is 0 Å². The molecule has 0 spiro atoms. The summed E-state index contributed by atoms with van der Waals surface area (Å²) >= 11 is 0. The third-order valence-corrected chi connectivity index (χ3v) is 6.82. The number of aromatic nitrogens is 1. The quantitative estimate of drug-likeness (QED) is 0.501. The van der Waals surface area contributed by atoms with Crippen LogP contribution in [0.2, 0.25) is 0 Å². The molecule has 1 aromatic heterocycles. The number of carboxylic acids is 1. The molecule has 2 aromatic carbocycles. The maximum atomic E-state index is 11.1. The van der Waals surface area contributed by atoms with Gasteiger partial charge >= 0.3 is 5.97 Å². The summed E-state index contributed by atoms with van der Waals surface area (Å²) in [6.45, 7) is 4.73. The fourth-order valence-electron chi connectivity index (χ4n) is 5.03. The second-order valence-electron chi connectivity index (χ2n) is 9.06. The van der Waals surface area contributed by atoms with Gasteiger partial charge in [0.15, 0.2) is 0 Å². The van der Waals surface area contributed by atoms with Gasteiger partial charge in [0.2, 0.25) is 5.89 Å². The van der Waals surface area contributed by atoms with Gasteiger partial charge in [-0.2, -0.15) is 0 Å². The van der Waals surface area contributed by atoms with Crippen LogP contribution in [0.3, 0.4) is 0 Å². The molecule has 172 valence electrons. The molecule has 0 bridgehead atoms. The first kappa shape index (κ1) is 21.6. The number of oxazole rings is 1. The number of rotatable bonds is 8. The summed E-state index contributed by atoms with van der Waals surface area (Å²) in [6.07, 6.45) is 5.20. The molecule has 1 aliphatic heterocycles. The van der Waals surface area contributed by atoms with Gasteiger partial charge in [-0.05, 0) is 86.1 Å². The van der Waals surface area contributed by atoms with Crippen LogP contribution in [-0.4, -0.2) is 35.8 Å². The van der Waals surface area contributed by atoms with Crippen LogP contribution < -0.4 is 9.64 Å². The Morgan fingerprint density at radius 3 is 2.73 bits per heavy atom. The lowest BCUT2D eigenvalue weighted by Crippen LogP contribution is -2.17. The van der Waals surface area contributed by atoms with E-state index < -0.39 is 5.97 Å². The topological polar surface area (TPSA) is 75.8 Å². The second kappa shape index (κ2) is 9.30. The lowest BCUT2D eigenvalue weighted by Gasteiger charge is -2.17. The summed E-state index contributed by atoms with van der Waals surface area (Å²) in [5.41, 5.74) is 5.52. The number of hydrogen-bond donors (Lipinski definition) is 1. The third kappa shape index (κ3) is 4.75. The fraction of sp³-hybridized carbons (Fsp3) is 0.407. The van der Waals surface area contributed by atoms with Crippen molar-refractivity contribution in [3.05, 3.63) is 65.0 Å². The molecule has 1 aliphatic carbocycles. The van der Waals surface area contributed by atoms with Gasteiger partial charge in [0, 0.05) is 30.8 Å². The lowest BCUT2D eigenvalue weighted by atomic mass is 9.98. The highest BCUT2D eigenvalue weighted by Gasteiger charge is 2.25. The van der Waals surface area contributed by atoms with Crippen molar-refractivity contribution < 1.29 is 19.1 Å². The molecule has 2 heterocycles. The van der Waals surface area contributed by atoms with Crippen molar-refractivity contribution in [3.8, 4) is 17.2 Å². The van der Waals surface area contributed by atoms with Gasteiger partial charge in [0.25, 0.3) is 0 Å². The second-order valence-corrected chi connectivity index (χ2v) is 9.06. The molecular weight excluding hydrogens is 416 g/mol. The van der Waals surface area contributed by atoms with Crippen LogP contribution in [0.1, 0.15) is 54.2 Å². The van der Waals surface area contributed by atoms with Crippen LogP contribution in [0.15, 0.2) is 46.9 Å². The molecule has 2 aliphatic rings. The summed E-state index contributed by atoms with van der Waals surface area (Å²) < 4.78 is 11.9. The van der Waals surface area contributed by atoms with Crippen molar-refractivity contribution in [1.29, 1.82) is 0 Å². The highest BCUT2D eigenvalue weighted by Crippen LogP contribution is 2.37. The monoisotopic (exact) mass is 446 g/mol. The molecule has 0 amide bonds. The molecule has 1 atom stereocenters. The smallest absolute Gasteiger partial charge is 0.303 e. The molecule has 0 unspecified atom stereocenters. The van der Waals surface area contributed by atoms with E-state index in [-0.39, 0.29) is 12.3 Å². The minimum absolute atomic E-state index is 0.118. The summed E-state index contributed by atoms with van der Waals surface area (Å²) in [5, 5.41) is 9.09. The van der Waals surface area contributed by atoms with Gasteiger partial charge in [0.1, 0.15) is 11.5 Å². The highest BCUT2D eigenvalue weighted by atomic mass is 16.5. The van der Waals surface area contributed by atoms with Crippen molar-refractivity contribution in [2.24, 2.45) is 0 Å². The van der Waals surface area contributed by atoms with Crippen LogP contribution in [0.25, 0.3) is 11.5 Å². The van der Waals surface area contributed by atoms with Crippen molar-refractivity contribution in [2.75, 3.05) is 24.6 Å². The first-order valence-corrected chi connectivity index (χ1v) is 11.9. The number of ether oxygens (including phenoxy) is 1. The zero-order chi connectivity index (χ0) is 22.8. The first-order chi connectivity index (χ1) is 16.1. The van der Waals surface area contributed by atoms with Gasteiger partial charge in [-0.25, -0.2) is 4.98 Å². The molecule has 1 N–H and O–H groups in total. The van der Waals surface area contributed by atoms with E-state index in [1.807, 2.05) is 19.1 Å². The summed E-state index contributed by atoms with van der Waals surface area (Å²) in [7, 11) is 0. The van der Waals surface area contributed by atoms with E-state index in [4.69, 9.17) is 19.2 Å². The van der Waals surface area contributed by atoms with Crippen molar-refractivity contribution in [1.82, 2.24) is 4.98 Å². The Hall–Kier alpha value is -3.28. The largest absolute Gasteiger partial charge is 0.493 e. The Labute approximate surface area is 194 Å². The van der Waals surface area contributed by atoms with Crippen molar-refractivity contribution in [3.63, 3.8) is 0 Å². The van der Waals surface area contributed by atoms with E-state index in [9.17, 15) is 4.79 Å². The van der Waals surface area contributed by atoms with Crippen LogP contribution >= 0.6 is 0 Å². The number of carboxylic acid groups (broad SMARTS) is 1.